The van der Waals surface area contributed by atoms with E-state index < -0.39 is 148 Å². The van der Waals surface area contributed by atoms with Gasteiger partial charge in [0.25, 0.3) is 0 Å². The molecule has 4 aliphatic heterocycles. The molecular formula is C26H45NO20. The molecule has 21 heteroatoms. The molecule has 0 radical (unpaired) electrons. The Kier molecular flexibility index (Phi) is 13.2. The Balaban J connectivity index is 1.40. The number of amides is 1. The van der Waals surface area contributed by atoms with Gasteiger partial charge in [-0.15, -0.1) is 0 Å². The lowest BCUT2D eigenvalue weighted by atomic mass is 9.95. The maximum Gasteiger partial charge on any atom is 0.217 e. The van der Waals surface area contributed by atoms with Crippen LogP contribution in [-0.4, -0.2) is 210 Å². The SMILES string of the molecule is CC(=O)N[C@@H]1[C@@H](O[C@@H]2O[C@@H](C)[C@H](O[C@@H]3O[C@@H]([C@@H](CO)O[C@@H]4O[C@@H]([C@H](O)CO)[C@H](O)[C@H]4O)[C@H](O)[C@H]3O)[C@@H](O)[C@H]2O)[C@H](O)[C@@H](CO)O[C@@H]1O. The first-order chi connectivity index (χ1) is 22.1. The summed E-state index contributed by atoms with van der Waals surface area (Å²) in [7, 11) is 0. The van der Waals surface area contributed by atoms with E-state index >= 15 is 0 Å². The number of ether oxygens (including phenoxy) is 7. The molecule has 4 aliphatic rings. The van der Waals surface area contributed by atoms with E-state index in [2.05, 4.69) is 5.32 Å². The molecule has 4 fully saturated rings. The van der Waals surface area contributed by atoms with Crippen molar-refractivity contribution in [2.75, 3.05) is 19.8 Å². The van der Waals surface area contributed by atoms with Gasteiger partial charge >= 0.3 is 0 Å². The second kappa shape index (κ2) is 16.2. The molecule has 0 aromatic carbocycles. The number of aliphatic hydroxyl groups excluding tert-OH is 12. The highest BCUT2D eigenvalue weighted by Gasteiger charge is 2.55. The summed E-state index contributed by atoms with van der Waals surface area (Å²) >= 11 is 0. The van der Waals surface area contributed by atoms with Gasteiger partial charge in [0.1, 0.15) is 91.5 Å². The number of hydrogen-bond acceptors (Lipinski definition) is 20. The van der Waals surface area contributed by atoms with Gasteiger partial charge in [0.2, 0.25) is 5.91 Å². The van der Waals surface area contributed by atoms with Gasteiger partial charge in [0.05, 0.1) is 25.9 Å². The van der Waals surface area contributed by atoms with Crippen LogP contribution in [0.2, 0.25) is 0 Å². The molecule has 1 amide bonds. The van der Waals surface area contributed by atoms with Gasteiger partial charge in [-0.1, -0.05) is 0 Å². The fraction of sp³-hybridized carbons (Fsp3) is 0.962. The third kappa shape index (κ3) is 8.04. The molecule has 21 nitrogen and oxygen atoms in total. The number of carbonyl (C=O) groups is 1. The Hall–Kier alpha value is -1.29. The third-order valence-electron chi connectivity index (χ3n) is 8.54. The Bertz CT molecular complexity index is 1010. The van der Waals surface area contributed by atoms with Crippen molar-refractivity contribution in [1.82, 2.24) is 5.32 Å². The van der Waals surface area contributed by atoms with Crippen LogP contribution in [0, 0.1) is 0 Å². The predicted octanol–water partition coefficient (Wildman–Crippen LogP) is -8.58. The third-order valence-corrected chi connectivity index (χ3v) is 8.54. The summed E-state index contributed by atoms with van der Waals surface area (Å²) in [4.78, 5) is 11.7. The van der Waals surface area contributed by atoms with E-state index in [0.29, 0.717) is 0 Å². The van der Waals surface area contributed by atoms with Gasteiger partial charge < -0.3 is 99.8 Å². The van der Waals surface area contributed by atoms with Crippen molar-refractivity contribution in [3.05, 3.63) is 0 Å². The minimum atomic E-state index is -1.91. The van der Waals surface area contributed by atoms with Crippen LogP contribution in [0.4, 0.5) is 0 Å². The lowest BCUT2D eigenvalue weighted by Gasteiger charge is -2.47. The van der Waals surface area contributed by atoms with Crippen molar-refractivity contribution in [3.8, 4) is 0 Å². The molecule has 0 bridgehead atoms. The normalized spacial score (nSPS) is 48.7. The summed E-state index contributed by atoms with van der Waals surface area (Å²) in [5.41, 5.74) is 0. The number of hydrogen-bond donors (Lipinski definition) is 13. The lowest BCUT2D eigenvalue weighted by molar-refractivity contribution is -0.352. The molecule has 0 aromatic rings. The van der Waals surface area contributed by atoms with E-state index in [1.165, 1.54) is 6.92 Å². The minimum absolute atomic E-state index is 0.633. The number of carbonyl (C=O) groups excluding carboxylic acids is 1. The van der Waals surface area contributed by atoms with Crippen molar-refractivity contribution >= 4 is 5.91 Å². The van der Waals surface area contributed by atoms with Crippen LogP contribution < -0.4 is 5.32 Å². The average Bonchev–Trinajstić information content (AvgIpc) is 3.48. The zero-order valence-corrected chi connectivity index (χ0v) is 25.3. The van der Waals surface area contributed by atoms with Crippen molar-refractivity contribution < 1.29 is 99.2 Å². The first kappa shape index (κ1) is 38.5. The summed E-state index contributed by atoms with van der Waals surface area (Å²) in [6.45, 7) is 0.0861. The highest BCUT2D eigenvalue weighted by atomic mass is 16.8. The topological polar surface area (TPSA) is 336 Å². The molecule has 0 aliphatic carbocycles. The molecule has 13 N–H and O–H groups in total. The quantitative estimate of drug-likeness (QED) is 0.0903. The molecule has 0 aromatic heterocycles. The fourth-order valence-corrected chi connectivity index (χ4v) is 5.94. The molecule has 20 atom stereocenters. The van der Waals surface area contributed by atoms with Gasteiger partial charge in [-0.25, -0.2) is 0 Å². The highest BCUT2D eigenvalue weighted by Crippen LogP contribution is 2.34. The largest absolute Gasteiger partial charge is 0.394 e. The summed E-state index contributed by atoms with van der Waals surface area (Å²) in [5, 5.41) is 125. The van der Waals surface area contributed by atoms with E-state index in [1.54, 1.807) is 0 Å². The second-order valence-electron chi connectivity index (χ2n) is 11.9. The van der Waals surface area contributed by atoms with Crippen molar-refractivity contribution in [1.29, 1.82) is 0 Å². The van der Waals surface area contributed by atoms with Crippen LogP contribution in [0.5, 0.6) is 0 Å². The van der Waals surface area contributed by atoms with Gasteiger partial charge in [0, 0.05) is 6.92 Å². The van der Waals surface area contributed by atoms with Gasteiger partial charge in [-0.05, 0) is 6.92 Å². The van der Waals surface area contributed by atoms with Crippen LogP contribution in [0.1, 0.15) is 13.8 Å². The Morgan fingerprint density at radius 2 is 1.26 bits per heavy atom. The van der Waals surface area contributed by atoms with Gasteiger partial charge in [0.15, 0.2) is 25.2 Å². The van der Waals surface area contributed by atoms with E-state index in [9.17, 15) is 61.0 Å². The molecular weight excluding hydrogens is 646 g/mol. The molecule has 0 spiro atoms. The van der Waals surface area contributed by atoms with Crippen molar-refractivity contribution in [3.63, 3.8) is 0 Å². The second-order valence-corrected chi connectivity index (χ2v) is 11.9. The Morgan fingerprint density at radius 1 is 0.702 bits per heavy atom. The number of rotatable bonds is 12. The van der Waals surface area contributed by atoms with Crippen LogP contribution in [0.15, 0.2) is 0 Å². The predicted molar refractivity (Wildman–Crippen MR) is 144 cm³/mol. The molecule has 0 saturated carbocycles. The van der Waals surface area contributed by atoms with E-state index in [1.807, 2.05) is 0 Å². The zero-order chi connectivity index (χ0) is 34.9. The van der Waals surface area contributed by atoms with Crippen molar-refractivity contribution in [2.24, 2.45) is 0 Å². The number of nitrogens with one attached hydrogen (secondary N) is 1. The van der Waals surface area contributed by atoms with E-state index in [4.69, 9.17) is 38.3 Å². The smallest absolute Gasteiger partial charge is 0.217 e. The first-order valence-electron chi connectivity index (χ1n) is 15.0. The van der Waals surface area contributed by atoms with E-state index in [0.717, 1.165) is 6.92 Å². The van der Waals surface area contributed by atoms with Crippen LogP contribution in [-0.2, 0) is 38.0 Å². The lowest BCUT2D eigenvalue weighted by Crippen LogP contribution is -2.67. The highest BCUT2D eigenvalue weighted by molar-refractivity contribution is 5.73. The van der Waals surface area contributed by atoms with Gasteiger partial charge in [-0.2, -0.15) is 0 Å². The molecule has 274 valence electrons. The summed E-state index contributed by atoms with van der Waals surface area (Å²) in [5.74, 6) is -0.633. The zero-order valence-electron chi connectivity index (χ0n) is 25.3. The molecule has 47 heavy (non-hydrogen) atoms. The molecule has 4 saturated heterocycles. The number of aliphatic hydroxyl groups is 12. The van der Waals surface area contributed by atoms with Crippen LogP contribution in [0.3, 0.4) is 0 Å². The summed E-state index contributed by atoms with van der Waals surface area (Å²) < 4.78 is 38.5. The minimum Gasteiger partial charge on any atom is -0.394 e. The Morgan fingerprint density at radius 3 is 1.85 bits per heavy atom. The standard InChI is InChI=1S/C26H45NO20/c1-6-19(13(34)16(37)24(41-6)47-22-11(27-7(2)31)23(40)42-9(4-29)12(22)33)44-26-18(39)15(36)21(46-26)10(5-30)43-25-17(38)14(35)20(45-25)8(32)3-28/h6,8-26,28-30,32-40H,3-5H2,1-2H3,(H,27,31)/t6-,8+,9+,10+,11+,12+,13-,14+,15+,16+,17+,18+,19-,20-,21-,22+,23-,24-,25+,26+/m0/s1. The summed E-state index contributed by atoms with van der Waals surface area (Å²) in [6.07, 6.45) is -30.7. The van der Waals surface area contributed by atoms with Gasteiger partial charge in [-0.3, -0.25) is 4.79 Å². The first-order valence-corrected chi connectivity index (χ1v) is 15.0. The summed E-state index contributed by atoms with van der Waals surface area (Å²) in [6, 6.07) is -1.38. The molecule has 4 heterocycles. The van der Waals surface area contributed by atoms with E-state index in [-0.39, 0.29) is 0 Å². The van der Waals surface area contributed by atoms with Crippen LogP contribution in [0.25, 0.3) is 0 Å². The monoisotopic (exact) mass is 691 g/mol. The molecule has 0 unspecified atom stereocenters. The molecule has 4 rings (SSSR count). The van der Waals surface area contributed by atoms with Crippen molar-refractivity contribution in [2.45, 2.75) is 137 Å². The fourth-order valence-electron chi connectivity index (χ4n) is 5.94. The Labute approximate surface area is 267 Å². The van der Waals surface area contributed by atoms with Crippen LogP contribution >= 0.6 is 0 Å². The average molecular weight is 692 g/mol. The maximum absolute atomic E-state index is 11.7. The maximum atomic E-state index is 11.7.